The van der Waals surface area contributed by atoms with Gasteiger partial charge in [0.2, 0.25) is 0 Å². The number of nitrogens with two attached hydrogens (primary N) is 1. The molecular formula is C11H14ClNO3. The summed E-state index contributed by atoms with van der Waals surface area (Å²) in [7, 11) is 1.46. The Kier molecular flexibility index (Phi) is 4.29. The summed E-state index contributed by atoms with van der Waals surface area (Å²) in [5.74, 6) is 0.0250. The molecule has 0 radical (unpaired) electrons. The maximum absolute atomic E-state index is 11.8. The summed E-state index contributed by atoms with van der Waals surface area (Å²) in [6.07, 6.45) is 0. The summed E-state index contributed by atoms with van der Waals surface area (Å²) in [4.78, 5) is 11.8. The number of rotatable bonds is 4. The molecule has 1 unspecified atom stereocenters. The van der Waals surface area contributed by atoms with Gasteiger partial charge in [-0.3, -0.25) is 4.79 Å². The van der Waals surface area contributed by atoms with Gasteiger partial charge in [0.1, 0.15) is 5.75 Å². The Morgan fingerprint density at radius 3 is 2.75 bits per heavy atom. The summed E-state index contributed by atoms with van der Waals surface area (Å²) in [6.45, 7) is 1.40. The lowest BCUT2D eigenvalue weighted by atomic mass is 10.0. The normalized spacial score (nSPS) is 12.3. The predicted octanol–water partition coefficient (Wildman–Crippen LogP) is 1.16. The molecule has 1 atom stereocenters. The molecule has 0 bridgehead atoms. The number of carbonyl (C=O) groups is 1. The molecule has 0 aliphatic rings. The predicted molar refractivity (Wildman–Crippen MR) is 62.1 cm³/mol. The fourth-order valence-corrected chi connectivity index (χ4v) is 1.46. The van der Waals surface area contributed by atoms with Crippen molar-refractivity contribution in [3.63, 3.8) is 0 Å². The first-order valence-corrected chi connectivity index (χ1v) is 5.13. The van der Waals surface area contributed by atoms with Gasteiger partial charge in [-0.25, -0.2) is 0 Å². The number of hydrogen-bond donors (Lipinski definition) is 2. The van der Waals surface area contributed by atoms with E-state index in [2.05, 4.69) is 0 Å². The topological polar surface area (TPSA) is 72.5 Å². The van der Waals surface area contributed by atoms with Crippen LogP contribution in [0.4, 0.5) is 0 Å². The molecule has 0 spiro atoms. The summed E-state index contributed by atoms with van der Waals surface area (Å²) >= 11 is 5.92. The number of ketones is 1. The van der Waals surface area contributed by atoms with Crippen LogP contribution in [0.25, 0.3) is 0 Å². The molecular weight excluding hydrogens is 230 g/mol. The van der Waals surface area contributed by atoms with Gasteiger partial charge < -0.3 is 15.6 Å². The number of aryl methyl sites for hydroxylation is 1. The van der Waals surface area contributed by atoms with Crippen LogP contribution in [0.1, 0.15) is 15.9 Å². The van der Waals surface area contributed by atoms with E-state index in [1.54, 1.807) is 6.07 Å². The zero-order chi connectivity index (χ0) is 12.3. The van der Waals surface area contributed by atoms with E-state index < -0.39 is 12.6 Å². The molecule has 0 saturated carbocycles. The van der Waals surface area contributed by atoms with E-state index in [0.29, 0.717) is 16.3 Å². The van der Waals surface area contributed by atoms with Gasteiger partial charge in [0.25, 0.3) is 0 Å². The Hall–Kier alpha value is -1.10. The second-order valence-corrected chi connectivity index (χ2v) is 3.86. The van der Waals surface area contributed by atoms with Crippen LogP contribution >= 0.6 is 11.6 Å². The number of carbonyl (C=O) groups excluding carboxylic acids is 1. The van der Waals surface area contributed by atoms with Gasteiger partial charge in [0.05, 0.1) is 25.3 Å². The minimum absolute atomic E-state index is 0.291. The fraction of sp³-hybridized carbons (Fsp3) is 0.364. The van der Waals surface area contributed by atoms with Gasteiger partial charge in [0, 0.05) is 5.02 Å². The minimum Gasteiger partial charge on any atom is -0.496 e. The lowest BCUT2D eigenvalue weighted by Crippen LogP contribution is -2.34. The largest absolute Gasteiger partial charge is 0.496 e. The Bertz CT molecular complexity index is 406. The Morgan fingerprint density at radius 1 is 1.62 bits per heavy atom. The molecule has 3 N–H and O–H groups in total. The lowest BCUT2D eigenvalue weighted by Gasteiger charge is -2.12. The average Bonchev–Trinajstić information content (AvgIpc) is 2.30. The number of Topliss-reactive ketones (excluding diaryl/α,β-unsaturated/α-hetero) is 1. The third-order valence-corrected chi connectivity index (χ3v) is 2.69. The fourth-order valence-electron chi connectivity index (χ4n) is 1.30. The zero-order valence-corrected chi connectivity index (χ0v) is 9.91. The van der Waals surface area contributed by atoms with Crippen LogP contribution in [0.15, 0.2) is 12.1 Å². The number of aliphatic hydroxyl groups excluding tert-OH is 1. The van der Waals surface area contributed by atoms with Gasteiger partial charge >= 0.3 is 0 Å². The Morgan fingerprint density at radius 2 is 2.25 bits per heavy atom. The lowest BCUT2D eigenvalue weighted by molar-refractivity contribution is 0.0922. The first kappa shape index (κ1) is 13.0. The highest BCUT2D eigenvalue weighted by atomic mass is 35.5. The zero-order valence-electron chi connectivity index (χ0n) is 9.16. The van der Waals surface area contributed by atoms with E-state index in [-0.39, 0.29) is 5.78 Å². The quantitative estimate of drug-likeness (QED) is 0.779. The highest BCUT2D eigenvalue weighted by Crippen LogP contribution is 2.27. The molecule has 16 heavy (non-hydrogen) atoms. The standard InChI is InChI=1S/C11H14ClNO3/c1-6-3-10(16-2)7(4-8(6)12)11(15)9(13)5-14/h3-4,9,14H,5,13H2,1-2H3. The highest BCUT2D eigenvalue weighted by Gasteiger charge is 2.20. The van der Waals surface area contributed by atoms with Crippen molar-refractivity contribution in [1.82, 2.24) is 0 Å². The highest BCUT2D eigenvalue weighted by molar-refractivity contribution is 6.31. The number of hydrogen-bond acceptors (Lipinski definition) is 4. The first-order chi connectivity index (χ1) is 7.51. The molecule has 88 valence electrons. The van der Waals surface area contributed by atoms with Crippen molar-refractivity contribution in [3.8, 4) is 5.75 Å². The van der Waals surface area contributed by atoms with Crippen molar-refractivity contribution in [2.45, 2.75) is 13.0 Å². The maximum atomic E-state index is 11.8. The summed E-state index contributed by atoms with van der Waals surface area (Å²) < 4.78 is 5.08. The average molecular weight is 244 g/mol. The summed E-state index contributed by atoms with van der Waals surface area (Å²) in [6, 6.07) is 2.22. The number of methoxy groups -OCH3 is 1. The Labute approximate surface area is 99.0 Å². The molecule has 4 nitrogen and oxygen atoms in total. The molecule has 5 heteroatoms. The SMILES string of the molecule is COc1cc(C)c(Cl)cc1C(=O)C(N)CO. The van der Waals surface area contributed by atoms with Gasteiger partial charge in [0.15, 0.2) is 5.78 Å². The number of benzene rings is 1. The van der Waals surface area contributed by atoms with E-state index in [1.165, 1.54) is 13.2 Å². The molecule has 0 aromatic heterocycles. The number of ether oxygens (including phenoxy) is 1. The first-order valence-electron chi connectivity index (χ1n) is 4.76. The number of aliphatic hydroxyl groups is 1. The summed E-state index contributed by atoms with van der Waals surface area (Å²) in [5, 5.41) is 9.30. The van der Waals surface area contributed by atoms with Crippen molar-refractivity contribution in [2.75, 3.05) is 13.7 Å². The van der Waals surface area contributed by atoms with Crippen LogP contribution in [0.3, 0.4) is 0 Å². The molecule has 0 heterocycles. The van der Waals surface area contributed by atoms with E-state index in [0.717, 1.165) is 5.56 Å². The third kappa shape index (κ3) is 2.52. The van der Waals surface area contributed by atoms with E-state index >= 15 is 0 Å². The molecule has 1 rings (SSSR count). The molecule has 0 amide bonds. The second kappa shape index (κ2) is 5.30. The molecule has 1 aromatic rings. The van der Waals surface area contributed by atoms with Crippen molar-refractivity contribution in [1.29, 1.82) is 0 Å². The molecule has 1 aromatic carbocycles. The molecule has 0 aliphatic carbocycles. The monoisotopic (exact) mass is 243 g/mol. The van der Waals surface area contributed by atoms with Crippen LogP contribution in [0.5, 0.6) is 5.75 Å². The second-order valence-electron chi connectivity index (χ2n) is 3.45. The van der Waals surface area contributed by atoms with Gasteiger partial charge in [-0.1, -0.05) is 11.6 Å². The molecule has 0 aliphatic heterocycles. The third-order valence-electron chi connectivity index (χ3n) is 2.28. The van der Waals surface area contributed by atoms with Crippen molar-refractivity contribution in [2.24, 2.45) is 5.73 Å². The molecule has 0 saturated heterocycles. The van der Waals surface area contributed by atoms with Crippen LogP contribution in [-0.2, 0) is 0 Å². The van der Waals surface area contributed by atoms with Crippen LogP contribution < -0.4 is 10.5 Å². The molecule has 0 fully saturated rings. The van der Waals surface area contributed by atoms with E-state index in [9.17, 15) is 4.79 Å². The van der Waals surface area contributed by atoms with E-state index in [4.69, 9.17) is 27.2 Å². The smallest absolute Gasteiger partial charge is 0.185 e. The summed E-state index contributed by atoms with van der Waals surface area (Å²) in [5.41, 5.74) is 6.57. The minimum atomic E-state index is -0.951. The van der Waals surface area contributed by atoms with Crippen LogP contribution in [0.2, 0.25) is 5.02 Å². The Balaban J connectivity index is 3.21. The van der Waals surface area contributed by atoms with Crippen molar-refractivity contribution in [3.05, 3.63) is 28.3 Å². The van der Waals surface area contributed by atoms with Crippen LogP contribution in [-0.4, -0.2) is 30.6 Å². The van der Waals surface area contributed by atoms with Crippen LogP contribution in [0, 0.1) is 6.92 Å². The maximum Gasteiger partial charge on any atom is 0.185 e. The van der Waals surface area contributed by atoms with Gasteiger partial charge in [-0.15, -0.1) is 0 Å². The van der Waals surface area contributed by atoms with E-state index in [1.807, 2.05) is 6.92 Å². The number of halogens is 1. The van der Waals surface area contributed by atoms with Crippen molar-refractivity contribution < 1.29 is 14.6 Å². The van der Waals surface area contributed by atoms with Gasteiger partial charge in [-0.05, 0) is 24.6 Å². The van der Waals surface area contributed by atoms with Crippen molar-refractivity contribution >= 4 is 17.4 Å². The van der Waals surface area contributed by atoms with Gasteiger partial charge in [-0.2, -0.15) is 0 Å².